The van der Waals surface area contributed by atoms with E-state index >= 15 is 0 Å². The Hall–Kier alpha value is -1.22. The van der Waals surface area contributed by atoms with E-state index < -0.39 is 39.4 Å². The third-order valence-electron chi connectivity index (χ3n) is 2.20. The van der Waals surface area contributed by atoms with Crippen LogP contribution in [0.2, 0.25) is 5.02 Å². The molecule has 1 aromatic rings. The molecule has 0 saturated heterocycles. The normalized spacial score (nSPS) is 13.2. The fraction of sp³-hybridized carbons (Fsp3) is 0.300. The van der Waals surface area contributed by atoms with Crippen LogP contribution in [0.4, 0.5) is 4.39 Å². The molecule has 1 rings (SSSR count). The van der Waals surface area contributed by atoms with Crippen molar-refractivity contribution >= 4 is 27.6 Å². The van der Waals surface area contributed by atoms with Crippen LogP contribution in [0, 0.1) is 5.82 Å². The highest BCUT2D eigenvalue weighted by Crippen LogP contribution is 2.22. The first kappa shape index (κ1) is 15.8. The van der Waals surface area contributed by atoms with Crippen LogP contribution in [0.15, 0.2) is 23.1 Å². The van der Waals surface area contributed by atoms with Crippen LogP contribution in [-0.2, 0) is 14.8 Å². The molecule has 0 saturated carbocycles. The second kappa shape index (κ2) is 6.29. The largest absolute Gasteiger partial charge is 0.480 e. The van der Waals surface area contributed by atoms with E-state index in [0.717, 1.165) is 12.1 Å². The van der Waals surface area contributed by atoms with Gasteiger partial charge in [-0.3, -0.25) is 4.79 Å². The molecule has 3 N–H and O–H groups in total. The van der Waals surface area contributed by atoms with E-state index in [1.807, 2.05) is 4.72 Å². The van der Waals surface area contributed by atoms with E-state index in [0.29, 0.717) is 6.07 Å². The Bertz CT molecular complexity index is 577. The van der Waals surface area contributed by atoms with Gasteiger partial charge >= 0.3 is 5.97 Å². The number of hydrogen-bond donors (Lipinski definition) is 3. The lowest BCUT2D eigenvalue weighted by Gasteiger charge is -2.14. The van der Waals surface area contributed by atoms with Gasteiger partial charge in [-0.1, -0.05) is 11.6 Å². The number of rotatable bonds is 6. The van der Waals surface area contributed by atoms with Crippen molar-refractivity contribution in [2.24, 2.45) is 0 Å². The van der Waals surface area contributed by atoms with E-state index in [1.54, 1.807) is 0 Å². The molecule has 0 aromatic heterocycles. The number of carboxylic acids is 1. The minimum Gasteiger partial charge on any atom is -0.480 e. The summed E-state index contributed by atoms with van der Waals surface area (Å²) in [6.45, 7) is -0.517. The molecule has 9 heteroatoms. The summed E-state index contributed by atoms with van der Waals surface area (Å²) in [5.41, 5.74) is 0. The van der Waals surface area contributed by atoms with E-state index in [9.17, 15) is 17.6 Å². The van der Waals surface area contributed by atoms with E-state index in [2.05, 4.69) is 0 Å². The standard InChI is InChI=1S/C10H11ClFNO5S/c11-7-2-1-6(12)5-9(7)19(17,18)13-8(3-4-14)10(15)16/h1-2,5,8,13-14H,3-4H2,(H,15,16). The average Bonchev–Trinajstić information content (AvgIpc) is 2.31. The number of sulfonamides is 1. The van der Waals surface area contributed by atoms with Gasteiger partial charge in [-0.2, -0.15) is 4.72 Å². The summed E-state index contributed by atoms with van der Waals surface area (Å²) in [4.78, 5) is 10.2. The predicted octanol–water partition coefficient (Wildman–Crippen LogP) is 0.593. The van der Waals surface area contributed by atoms with Gasteiger partial charge in [-0.25, -0.2) is 12.8 Å². The molecular weight excluding hydrogens is 301 g/mol. The first-order chi connectivity index (χ1) is 8.77. The molecule has 0 radical (unpaired) electrons. The molecule has 0 aliphatic heterocycles. The summed E-state index contributed by atoms with van der Waals surface area (Å²) in [6, 6.07) is 1.19. The maximum absolute atomic E-state index is 13.0. The molecule has 19 heavy (non-hydrogen) atoms. The number of carbonyl (C=O) groups is 1. The van der Waals surface area contributed by atoms with E-state index in [1.165, 1.54) is 0 Å². The Morgan fingerprint density at radius 1 is 1.47 bits per heavy atom. The minimum atomic E-state index is -4.29. The number of nitrogens with one attached hydrogen (secondary N) is 1. The fourth-order valence-electron chi connectivity index (χ4n) is 1.30. The van der Waals surface area contributed by atoms with Crippen molar-refractivity contribution in [1.82, 2.24) is 4.72 Å². The third kappa shape index (κ3) is 4.13. The van der Waals surface area contributed by atoms with Gasteiger partial charge in [-0.15, -0.1) is 0 Å². The van der Waals surface area contributed by atoms with Gasteiger partial charge in [0.25, 0.3) is 0 Å². The Balaban J connectivity index is 3.10. The summed E-state index contributed by atoms with van der Waals surface area (Å²) in [7, 11) is -4.29. The summed E-state index contributed by atoms with van der Waals surface area (Å²) in [5.74, 6) is -2.27. The zero-order chi connectivity index (χ0) is 14.6. The van der Waals surface area contributed by atoms with E-state index in [-0.39, 0.29) is 11.4 Å². The molecular formula is C10H11ClFNO5S. The molecule has 0 aliphatic rings. The van der Waals surface area contributed by atoms with Crippen LogP contribution in [0.25, 0.3) is 0 Å². The van der Waals surface area contributed by atoms with Crippen molar-refractivity contribution in [3.05, 3.63) is 29.0 Å². The molecule has 0 fully saturated rings. The molecule has 0 aliphatic carbocycles. The Morgan fingerprint density at radius 2 is 2.11 bits per heavy atom. The number of aliphatic hydroxyl groups excluding tert-OH is 1. The predicted molar refractivity (Wildman–Crippen MR) is 64.9 cm³/mol. The Kier molecular flexibility index (Phi) is 5.24. The van der Waals surface area contributed by atoms with Gasteiger partial charge in [0.1, 0.15) is 16.8 Å². The first-order valence-electron chi connectivity index (χ1n) is 5.09. The van der Waals surface area contributed by atoms with Crippen molar-refractivity contribution in [3.8, 4) is 0 Å². The molecule has 1 aromatic carbocycles. The molecule has 0 bridgehead atoms. The van der Waals surface area contributed by atoms with Crippen molar-refractivity contribution in [2.45, 2.75) is 17.4 Å². The van der Waals surface area contributed by atoms with Crippen LogP contribution < -0.4 is 4.72 Å². The van der Waals surface area contributed by atoms with Gasteiger partial charge in [0.05, 0.1) is 5.02 Å². The third-order valence-corrected chi connectivity index (χ3v) is 4.15. The van der Waals surface area contributed by atoms with Crippen LogP contribution in [0.1, 0.15) is 6.42 Å². The first-order valence-corrected chi connectivity index (χ1v) is 6.95. The Morgan fingerprint density at radius 3 is 2.63 bits per heavy atom. The maximum Gasteiger partial charge on any atom is 0.321 e. The quantitative estimate of drug-likeness (QED) is 0.713. The molecule has 1 unspecified atom stereocenters. The van der Waals surface area contributed by atoms with E-state index in [4.69, 9.17) is 21.8 Å². The van der Waals surface area contributed by atoms with Crippen molar-refractivity contribution in [3.63, 3.8) is 0 Å². The van der Waals surface area contributed by atoms with Crippen molar-refractivity contribution in [1.29, 1.82) is 0 Å². The number of hydrogen-bond acceptors (Lipinski definition) is 4. The topological polar surface area (TPSA) is 104 Å². The molecule has 0 amide bonds. The molecule has 0 heterocycles. The van der Waals surface area contributed by atoms with Crippen LogP contribution in [-0.4, -0.2) is 37.2 Å². The lowest BCUT2D eigenvalue weighted by atomic mass is 10.2. The highest BCUT2D eigenvalue weighted by Gasteiger charge is 2.26. The second-order valence-corrected chi connectivity index (χ2v) is 5.69. The van der Waals surface area contributed by atoms with Crippen molar-refractivity contribution in [2.75, 3.05) is 6.61 Å². The number of halogens is 2. The summed E-state index contributed by atoms with van der Waals surface area (Å²) >= 11 is 5.64. The zero-order valence-electron chi connectivity index (χ0n) is 9.51. The van der Waals surface area contributed by atoms with Gasteiger partial charge < -0.3 is 10.2 Å². The smallest absolute Gasteiger partial charge is 0.321 e. The monoisotopic (exact) mass is 311 g/mol. The number of carboxylic acid groups (broad SMARTS) is 1. The van der Waals surface area contributed by atoms with Crippen LogP contribution in [0.5, 0.6) is 0 Å². The summed E-state index contributed by atoms with van der Waals surface area (Å²) in [5, 5.41) is 17.2. The fourth-order valence-corrected chi connectivity index (χ4v) is 3.03. The second-order valence-electron chi connectivity index (χ2n) is 3.60. The van der Waals surface area contributed by atoms with Crippen molar-refractivity contribution < 1.29 is 27.8 Å². The van der Waals surface area contributed by atoms with Crippen LogP contribution >= 0.6 is 11.6 Å². The zero-order valence-corrected chi connectivity index (χ0v) is 11.1. The maximum atomic E-state index is 13.0. The van der Waals surface area contributed by atoms with Gasteiger partial charge in [-0.05, 0) is 24.6 Å². The highest BCUT2D eigenvalue weighted by atomic mass is 35.5. The number of aliphatic hydroxyl groups is 1. The SMILES string of the molecule is O=C(O)C(CCO)NS(=O)(=O)c1cc(F)ccc1Cl. The van der Waals surface area contributed by atoms with Gasteiger partial charge in [0.15, 0.2) is 0 Å². The number of benzene rings is 1. The van der Waals surface area contributed by atoms with Gasteiger partial charge in [0, 0.05) is 6.61 Å². The molecule has 106 valence electrons. The van der Waals surface area contributed by atoms with Crippen LogP contribution in [0.3, 0.4) is 0 Å². The van der Waals surface area contributed by atoms with Gasteiger partial charge in [0.2, 0.25) is 10.0 Å². The lowest BCUT2D eigenvalue weighted by Crippen LogP contribution is -2.41. The lowest BCUT2D eigenvalue weighted by molar-refractivity contribution is -0.139. The molecule has 1 atom stereocenters. The molecule has 6 nitrogen and oxygen atoms in total. The number of aliphatic carboxylic acids is 1. The molecule has 0 spiro atoms. The summed E-state index contributed by atoms with van der Waals surface area (Å²) in [6.07, 6.45) is -0.318. The minimum absolute atomic E-state index is 0.234. The average molecular weight is 312 g/mol. The Labute approximate surface area is 113 Å². The highest BCUT2D eigenvalue weighted by molar-refractivity contribution is 7.89. The summed E-state index contributed by atoms with van der Waals surface area (Å²) < 4.78 is 38.6.